The van der Waals surface area contributed by atoms with Gasteiger partial charge in [0.05, 0.1) is 6.61 Å². The zero-order valence-corrected chi connectivity index (χ0v) is 11.1. The van der Waals surface area contributed by atoms with Gasteiger partial charge in [0.15, 0.2) is 0 Å². The Morgan fingerprint density at radius 2 is 2.06 bits per heavy atom. The maximum absolute atomic E-state index is 11.0. The highest BCUT2D eigenvalue weighted by atomic mass is 16.5. The number of carboxylic acid groups (broad SMARTS) is 1. The van der Waals surface area contributed by atoms with Crippen molar-refractivity contribution < 1.29 is 14.6 Å². The summed E-state index contributed by atoms with van der Waals surface area (Å²) in [4.78, 5) is 13.2. The first-order valence-electron chi connectivity index (χ1n) is 6.28. The Balaban J connectivity index is 2.37. The van der Waals surface area contributed by atoms with Gasteiger partial charge in [0.1, 0.15) is 11.3 Å². The van der Waals surface area contributed by atoms with E-state index in [9.17, 15) is 4.79 Å². The highest BCUT2D eigenvalue weighted by Crippen LogP contribution is 2.17. The molecule has 1 aromatic carbocycles. The van der Waals surface area contributed by atoms with Crippen LogP contribution in [-0.4, -0.2) is 42.7 Å². The summed E-state index contributed by atoms with van der Waals surface area (Å²) in [5.41, 5.74) is 0.222. The van der Waals surface area contributed by atoms with Crippen molar-refractivity contribution >= 4 is 5.97 Å². The van der Waals surface area contributed by atoms with Crippen LogP contribution in [0.15, 0.2) is 24.3 Å². The molecule has 0 heterocycles. The zero-order valence-electron chi connectivity index (χ0n) is 11.1. The van der Waals surface area contributed by atoms with Crippen LogP contribution in [0.25, 0.3) is 0 Å². The molecule has 1 aromatic rings. The number of hydrogen-bond acceptors (Lipinski definition) is 3. The van der Waals surface area contributed by atoms with Crippen molar-refractivity contribution in [3.8, 4) is 5.75 Å². The molecule has 0 aromatic heterocycles. The van der Waals surface area contributed by atoms with E-state index in [0.29, 0.717) is 12.4 Å². The lowest BCUT2D eigenvalue weighted by Gasteiger charge is -2.15. The molecule has 0 bridgehead atoms. The van der Waals surface area contributed by atoms with Gasteiger partial charge >= 0.3 is 5.97 Å². The molecule has 0 radical (unpaired) electrons. The van der Waals surface area contributed by atoms with E-state index in [-0.39, 0.29) is 5.56 Å². The molecule has 0 fully saturated rings. The molecular weight excluding hydrogens is 230 g/mol. The fraction of sp³-hybridized carbons (Fsp3) is 0.500. The number of nitrogens with zero attached hydrogens (tertiary/aromatic N) is 1. The molecule has 0 aliphatic heterocycles. The average Bonchev–Trinajstić information content (AvgIpc) is 2.35. The number of carbonyl (C=O) groups is 1. The predicted octanol–water partition coefficient (Wildman–Crippen LogP) is 2.50. The van der Waals surface area contributed by atoms with Gasteiger partial charge in [0, 0.05) is 6.54 Å². The average molecular weight is 251 g/mol. The van der Waals surface area contributed by atoms with Crippen LogP contribution >= 0.6 is 0 Å². The largest absolute Gasteiger partial charge is 0.493 e. The third kappa shape index (κ3) is 4.75. The van der Waals surface area contributed by atoms with E-state index < -0.39 is 5.97 Å². The number of carboxylic acids is 1. The molecule has 0 unspecified atom stereocenters. The molecule has 0 amide bonds. The lowest BCUT2D eigenvalue weighted by atomic mass is 10.2. The molecule has 0 saturated heterocycles. The third-order valence-corrected chi connectivity index (χ3v) is 2.66. The third-order valence-electron chi connectivity index (χ3n) is 2.66. The number of para-hydroxylation sites is 1. The summed E-state index contributed by atoms with van der Waals surface area (Å²) in [5.74, 6) is -0.503. The second kappa shape index (κ2) is 7.71. The minimum Gasteiger partial charge on any atom is -0.493 e. The molecule has 0 saturated carbocycles. The van der Waals surface area contributed by atoms with Gasteiger partial charge < -0.3 is 14.7 Å². The Morgan fingerprint density at radius 1 is 1.33 bits per heavy atom. The van der Waals surface area contributed by atoms with E-state index in [4.69, 9.17) is 9.84 Å². The van der Waals surface area contributed by atoms with Gasteiger partial charge in [0.2, 0.25) is 0 Å². The summed E-state index contributed by atoms with van der Waals surface area (Å²) < 4.78 is 5.52. The van der Waals surface area contributed by atoms with Gasteiger partial charge in [-0.2, -0.15) is 0 Å². The van der Waals surface area contributed by atoms with Crippen molar-refractivity contribution in [1.82, 2.24) is 4.90 Å². The fourth-order valence-electron chi connectivity index (χ4n) is 1.78. The molecule has 4 heteroatoms. The number of hydrogen-bond donors (Lipinski definition) is 1. The Morgan fingerprint density at radius 3 is 2.72 bits per heavy atom. The minimum atomic E-state index is -0.950. The van der Waals surface area contributed by atoms with Crippen LogP contribution in [-0.2, 0) is 0 Å². The van der Waals surface area contributed by atoms with E-state index in [0.717, 1.165) is 25.9 Å². The van der Waals surface area contributed by atoms with Gasteiger partial charge in [-0.05, 0) is 38.6 Å². The Hall–Kier alpha value is -1.55. The zero-order chi connectivity index (χ0) is 13.4. The Bertz CT molecular complexity index is 379. The number of ether oxygens (including phenoxy) is 1. The second-order valence-electron chi connectivity index (χ2n) is 4.31. The van der Waals surface area contributed by atoms with Gasteiger partial charge in [0.25, 0.3) is 0 Å². The van der Waals surface area contributed by atoms with Crippen molar-refractivity contribution in [3.05, 3.63) is 29.8 Å². The maximum atomic E-state index is 11.0. The van der Waals surface area contributed by atoms with Crippen LogP contribution < -0.4 is 4.74 Å². The Kier molecular flexibility index (Phi) is 6.22. The van der Waals surface area contributed by atoms with E-state index in [1.165, 1.54) is 0 Å². The van der Waals surface area contributed by atoms with Crippen molar-refractivity contribution in [2.45, 2.75) is 19.8 Å². The number of aromatic carboxylic acids is 1. The number of rotatable bonds is 8. The lowest BCUT2D eigenvalue weighted by Crippen LogP contribution is -2.22. The highest BCUT2D eigenvalue weighted by molar-refractivity contribution is 5.90. The van der Waals surface area contributed by atoms with E-state index >= 15 is 0 Å². The summed E-state index contributed by atoms with van der Waals surface area (Å²) in [5, 5.41) is 8.99. The second-order valence-corrected chi connectivity index (χ2v) is 4.31. The fourth-order valence-corrected chi connectivity index (χ4v) is 1.78. The first-order valence-corrected chi connectivity index (χ1v) is 6.28. The van der Waals surface area contributed by atoms with Crippen molar-refractivity contribution in [1.29, 1.82) is 0 Å². The van der Waals surface area contributed by atoms with E-state index in [1.54, 1.807) is 24.3 Å². The molecule has 0 spiro atoms. The maximum Gasteiger partial charge on any atom is 0.339 e. The summed E-state index contributed by atoms with van der Waals surface area (Å²) >= 11 is 0. The highest BCUT2D eigenvalue weighted by Gasteiger charge is 2.09. The first-order chi connectivity index (χ1) is 8.65. The Labute approximate surface area is 108 Å². The van der Waals surface area contributed by atoms with Crippen LogP contribution in [0, 0.1) is 0 Å². The van der Waals surface area contributed by atoms with Gasteiger partial charge in [-0.1, -0.05) is 19.1 Å². The molecule has 0 aliphatic carbocycles. The summed E-state index contributed by atoms with van der Waals surface area (Å²) in [6, 6.07) is 6.73. The van der Waals surface area contributed by atoms with Crippen molar-refractivity contribution in [3.63, 3.8) is 0 Å². The van der Waals surface area contributed by atoms with Crippen molar-refractivity contribution in [2.24, 2.45) is 0 Å². The topological polar surface area (TPSA) is 49.8 Å². The molecule has 18 heavy (non-hydrogen) atoms. The molecular formula is C14H21NO3. The molecule has 0 aliphatic rings. The summed E-state index contributed by atoms with van der Waals surface area (Å²) in [6.45, 7) is 4.73. The normalized spacial score (nSPS) is 10.6. The van der Waals surface area contributed by atoms with Crippen LogP contribution in [0.5, 0.6) is 5.75 Å². The van der Waals surface area contributed by atoms with Gasteiger partial charge in [-0.3, -0.25) is 0 Å². The van der Waals surface area contributed by atoms with Crippen LogP contribution in [0.3, 0.4) is 0 Å². The van der Waals surface area contributed by atoms with Gasteiger partial charge in [-0.15, -0.1) is 0 Å². The molecule has 0 atom stereocenters. The van der Waals surface area contributed by atoms with Gasteiger partial charge in [-0.25, -0.2) is 4.79 Å². The van der Waals surface area contributed by atoms with Crippen molar-refractivity contribution in [2.75, 3.05) is 26.7 Å². The minimum absolute atomic E-state index is 0.222. The lowest BCUT2D eigenvalue weighted by molar-refractivity contribution is 0.0692. The van der Waals surface area contributed by atoms with Crippen LogP contribution in [0.2, 0.25) is 0 Å². The smallest absolute Gasteiger partial charge is 0.339 e. The van der Waals surface area contributed by atoms with E-state index in [1.807, 2.05) is 0 Å². The molecule has 1 N–H and O–H groups in total. The standard InChI is InChI=1S/C14H21NO3/c1-3-9-15(2)10-6-11-18-13-8-5-4-7-12(13)14(16)17/h4-5,7-8H,3,6,9-11H2,1-2H3,(H,16,17). The molecule has 4 nitrogen and oxygen atoms in total. The monoisotopic (exact) mass is 251 g/mol. The molecule has 1 rings (SSSR count). The summed E-state index contributed by atoms with van der Waals surface area (Å²) in [6.07, 6.45) is 2.03. The quantitative estimate of drug-likeness (QED) is 0.721. The SMILES string of the molecule is CCCN(C)CCCOc1ccccc1C(=O)O. The number of benzene rings is 1. The molecule has 100 valence electrons. The predicted molar refractivity (Wildman–Crippen MR) is 71.3 cm³/mol. The van der Waals surface area contributed by atoms with E-state index in [2.05, 4.69) is 18.9 Å². The van der Waals surface area contributed by atoms with Crippen LogP contribution in [0.4, 0.5) is 0 Å². The van der Waals surface area contributed by atoms with Crippen LogP contribution in [0.1, 0.15) is 30.1 Å². The first kappa shape index (κ1) is 14.5. The summed E-state index contributed by atoms with van der Waals surface area (Å²) in [7, 11) is 2.08.